The van der Waals surface area contributed by atoms with Gasteiger partial charge in [-0.1, -0.05) is 28.1 Å². The molecule has 0 aliphatic carbocycles. The predicted molar refractivity (Wildman–Crippen MR) is 94.1 cm³/mol. The second kappa shape index (κ2) is 8.58. The minimum Gasteiger partial charge on any atom is -0.490 e. The van der Waals surface area contributed by atoms with Crippen LogP contribution >= 0.6 is 15.9 Å². The summed E-state index contributed by atoms with van der Waals surface area (Å²) in [5.41, 5.74) is 1.59. The van der Waals surface area contributed by atoms with Crippen molar-refractivity contribution in [3.8, 4) is 11.5 Å². The maximum absolute atomic E-state index is 12.3. The molecule has 0 spiro atoms. The Morgan fingerprint density at radius 2 is 1.65 bits per heavy atom. The molecular formula is C18H20BrNO3. The molecule has 0 saturated heterocycles. The number of carbonyl (C=O) groups is 1. The van der Waals surface area contributed by atoms with Crippen LogP contribution in [0.5, 0.6) is 11.5 Å². The standard InChI is InChI=1S/C18H20BrNO3/c1-3-22-16-10-7-14(11-17(16)23-4-2)18(21)20-12-13-5-8-15(19)9-6-13/h5-11H,3-4,12H2,1-2H3,(H,20,21). The zero-order valence-electron chi connectivity index (χ0n) is 13.3. The fourth-order valence-corrected chi connectivity index (χ4v) is 2.34. The number of benzene rings is 2. The third-order valence-corrected chi connectivity index (χ3v) is 3.70. The van der Waals surface area contributed by atoms with E-state index in [0.29, 0.717) is 36.8 Å². The van der Waals surface area contributed by atoms with Crippen LogP contribution in [0.25, 0.3) is 0 Å². The lowest BCUT2D eigenvalue weighted by molar-refractivity contribution is 0.0950. The Morgan fingerprint density at radius 1 is 1.00 bits per heavy atom. The van der Waals surface area contributed by atoms with Crippen molar-refractivity contribution in [2.24, 2.45) is 0 Å². The lowest BCUT2D eigenvalue weighted by atomic mass is 10.1. The molecule has 2 aromatic rings. The molecule has 0 unspecified atom stereocenters. The highest BCUT2D eigenvalue weighted by Crippen LogP contribution is 2.28. The number of ether oxygens (including phenoxy) is 2. The van der Waals surface area contributed by atoms with E-state index < -0.39 is 0 Å². The molecule has 0 aliphatic heterocycles. The molecule has 23 heavy (non-hydrogen) atoms. The van der Waals surface area contributed by atoms with Crippen LogP contribution in [-0.2, 0) is 6.54 Å². The summed E-state index contributed by atoms with van der Waals surface area (Å²) in [5.74, 6) is 1.10. The Morgan fingerprint density at radius 3 is 2.30 bits per heavy atom. The topological polar surface area (TPSA) is 47.6 Å². The van der Waals surface area contributed by atoms with Gasteiger partial charge in [-0.05, 0) is 49.7 Å². The summed E-state index contributed by atoms with van der Waals surface area (Å²) in [6.45, 7) is 5.35. The van der Waals surface area contributed by atoms with Gasteiger partial charge in [-0.25, -0.2) is 0 Å². The van der Waals surface area contributed by atoms with Crippen LogP contribution in [0.1, 0.15) is 29.8 Å². The molecule has 0 fully saturated rings. The smallest absolute Gasteiger partial charge is 0.251 e. The first-order valence-electron chi connectivity index (χ1n) is 7.56. The molecule has 5 heteroatoms. The molecule has 0 heterocycles. The number of carbonyl (C=O) groups excluding carboxylic acids is 1. The van der Waals surface area contributed by atoms with Crippen LogP contribution in [0, 0.1) is 0 Å². The summed E-state index contributed by atoms with van der Waals surface area (Å²) in [6.07, 6.45) is 0. The molecule has 0 aromatic heterocycles. The molecule has 0 saturated carbocycles. The van der Waals surface area contributed by atoms with Crippen LogP contribution in [-0.4, -0.2) is 19.1 Å². The van der Waals surface area contributed by atoms with Gasteiger partial charge in [0, 0.05) is 16.6 Å². The number of amides is 1. The first-order chi connectivity index (χ1) is 11.1. The third kappa shape index (κ3) is 4.99. The molecule has 0 bridgehead atoms. The first-order valence-corrected chi connectivity index (χ1v) is 8.35. The fraction of sp³-hybridized carbons (Fsp3) is 0.278. The van der Waals surface area contributed by atoms with Crippen molar-refractivity contribution in [3.05, 3.63) is 58.1 Å². The SMILES string of the molecule is CCOc1ccc(C(=O)NCc2ccc(Br)cc2)cc1OCC. The van der Waals surface area contributed by atoms with Crippen molar-refractivity contribution in [1.29, 1.82) is 0 Å². The molecule has 0 atom stereocenters. The summed E-state index contributed by atoms with van der Waals surface area (Å²) in [5, 5.41) is 2.90. The summed E-state index contributed by atoms with van der Waals surface area (Å²) in [7, 11) is 0. The maximum Gasteiger partial charge on any atom is 0.251 e. The molecule has 1 amide bonds. The molecule has 2 rings (SSSR count). The summed E-state index contributed by atoms with van der Waals surface area (Å²) in [6, 6.07) is 13.1. The van der Waals surface area contributed by atoms with E-state index in [1.807, 2.05) is 38.1 Å². The highest BCUT2D eigenvalue weighted by Gasteiger charge is 2.11. The van der Waals surface area contributed by atoms with Crippen molar-refractivity contribution < 1.29 is 14.3 Å². The first kappa shape index (κ1) is 17.3. The molecule has 0 aliphatic rings. The van der Waals surface area contributed by atoms with Gasteiger partial charge in [0.2, 0.25) is 0 Å². The minimum absolute atomic E-state index is 0.142. The van der Waals surface area contributed by atoms with Crippen molar-refractivity contribution in [3.63, 3.8) is 0 Å². The molecule has 0 radical (unpaired) electrons. The van der Waals surface area contributed by atoms with E-state index in [9.17, 15) is 4.79 Å². The average molecular weight is 378 g/mol. The van der Waals surface area contributed by atoms with Crippen molar-refractivity contribution >= 4 is 21.8 Å². The Hall–Kier alpha value is -2.01. The maximum atomic E-state index is 12.3. The highest BCUT2D eigenvalue weighted by molar-refractivity contribution is 9.10. The summed E-state index contributed by atoms with van der Waals surface area (Å²) < 4.78 is 12.1. The Balaban J connectivity index is 2.06. The third-order valence-electron chi connectivity index (χ3n) is 3.17. The van der Waals surface area contributed by atoms with E-state index in [2.05, 4.69) is 21.2 Å². The van der Waals surface area contributed by atoms with Gasteiger partial charge >= 0.3 is 0 Å². The zero-order valence-corrected chi connectivity index (χ0v) is 14.9. The Labute approximate surface area is 144 Å². The van der Waals surface area contributed by atoms with Gasteiger partial charge in [-0.3, -0.25) is 4.79 Å². The van der Waals surface area contributed by atoms with Gasteiger partial charge in [0.25, 0.3) is 5.91 Å². The molecular weight excluding hydrogens is 358 g/mol. The fourth-order valence-electron chi connectivity index (χ4n) is 2.08. The monoisotopic (exact) mass is 377 g/mol. The average Bonchev–Trinajstić information content (AvgIpc) is 2.56. The number of nitrogens with one attached hydrogen (secondary N) is 1. The van der Waals surface area contributed by atoms with Crippen molar-refractivity contribution in [2.75, 3.05) is 13.2 Å². The largest absolute Gasteiger partial charge is 0.490 e. The van der Waals surface area contributed by atoms with E-state index >= 15 is 0 Å². The van der Waals surface area contributed by atoms with Gasteiger partial charge < -0.3 is 14.8 Å². The molecule has 2 aromatic carbocycles. The van der Waals surface area contributed by atoms with Gasteiger partial charge in [0.05, 0.1) is 13.2 Å². The number of hydrogen-bond acceptors (Lipinski definition) is 3. The number of hydrogen-bond donors (Lipinski definition) is 1. The highest BCUT2D eigenvalue weighted by atomic mass is 79.9. The van der Waals surface area contributed by atoms with E-state index in [0.717, 1.165) is 10.0 Å². The minimum atomic E-state index is -0.142. The van der Waals surface area contributed by atoms with Crippen LogP contribution in [0.3, 0.4) is 0 Å². The number of halogens is 1. The second-order valence-corrected chi connectivity index (χ2v) is 5.75. The van der Waals surface area contributed by atoms with Crippen LogP contribution in [0.4, 0.5) is 0 Å². The predicted octanol–water partition coefficient (Wildman–Crippen LogP) is 4.18. The molecule has 1 N–H and O–H groups in total. The van der Waals surface area contributed by atoms with Gasteiger partial charge in [0.1, 0.15) is 0 Å². The van der Waals surface area contributed by atoms with Crippen LogP contribution in [0.15, 0.2) is 46.9 Å². The van der Waals surface area contributed by atoms with Gasteiger partial charge in [0.15, 0.2) is 11.5 Å². The van der Waals surface area contributed by atoms with Crippen molar-refractivity contribution in [2.45, 2.75) is 20.4 Å². The normalized spacial score (nSPS) is 10.2. The second-order valence-electron chi connectivity index (χ2n) is 4.84. The Bertz CT molecular complexity index is 656. The summed E-state index contributed by atoms with van der Waals surface area (Å²) >= 11 is 3.39. The molecule has 122 valence electrons. The lowest BCUT2D eigenvalue weighted by Crippen LogP contribution is -2.22. The van der Waals surface area contributed by atoms with E-state index in [1.54, 1.807) is 18.2 Å². The molecule has 4 nitrogen and oxygen atoms in total. The van der Waals surface area contributed by atoms with E-state index in [1.165, 1.54) is 0 Å². The zero-order chi connectivity index (χ0) is 16.7. The van der Waals surface area contributed by atoms with Gasteiger partial charge in [-0.15, -0.1) is 0 Å². The summed E-state index contributed by atoms with van der Waals surface area (Å²) in [4.78, 5) is 12.3. The quantitative estimate of drug-likeness (QED) is 0.787. The lowest BCUT2D eigenvalue weighted by Gasteiger charge is -2.12. The number of rotatable bonds is 7. The van der Waals surface area contributed by atoms with Crippen molar-refractivity contribution in [1.82, 2.24) is 5.32 Å². The Kier molecular flexibility index (Phi) is 6.47. The van der Waals surface area contributed by atoms with Crippen LogP contribution < -0.4 is 14.8 Å². The van der Waals surface area contributed by atoms with Gasteiger partial charge in [-0.2, -0.15) is 0 Å². The van der Waals surface area contributed by atoms with Crippen LogP contribution in [0.2, 0.25) is 0 Å². The van der Waals surface area contributed by atoms with E-state index in [-0.39, 0.29) is 5.91 Å². The van der Waals surface area contributed by atoms with E-state index in [4.69, 9.17) is 9.47 Å².